The predicted molar refractivity (Wildman–Crippen MR) is 41.2 cm³/mol. The van der Waals surface area contributed by atoms with Crippen molar-refractivity contribution in [2.45, 2.75) is 0 Å². The number of aliphatic hydroxyl groups excluding tert-OH is 1. The van der Waals surface area contributed by atoms with Gasteiger partial charge in [-0.3, -0.25) is 0 Å². The molecule has 0 heterocycles. The number of nitrogens with two attached hydrogens (primary N) is 1. The second-order valence-electron chi connectivity index (χ2n) is 1.98. The first-order chi connectivity index (χ1) is 4.79. The maximum Gasteiger partial charge on any atom is 0.182 e. The SMILES string of the molecule is N/C(O)=C/c1ccccc1. The molecule has 0 saturated heterocycles. The molecule has 0 unspecified atom stereocenters. The quantitative estimate of drug-likeness (QED) is 0.573. The fourth-order valence-electron chi connectivity index (χ4n) is 0.720. The molecule has 1 aromatic rings. The first kappa shape index (κ1) is 6.68. The summed E-state index contributed by atoms with van der Waals surface area (Å²) >= 11 is 0. The lowest BCUT2D eigenvalue weighted by molar-refractivity contribution is 0.411. The van der Waals surface area contributed by atoms with E-state index in [1.54, 1.807) is 0 Å². The fraction of sp³-hybridized carbons (Fsp3) is 0. The van der Waals surface area contributed by atoms with Crippen molar-refractivity contribution in [3.8, 4) is 0 Å². The van der Waals surface area contributed by atoms with E-state index < -0.39 is 0 Å². The van der Waals surface area contributed by atoms with Crippen molar-refractivity contribution in [1.29, 1.82) is 0 Å². The average molecular weight is 135 g/mol. The number of hydrogen-bond acceptors (Lipinski definition) is 2. The third-order valence-corrected chi connectivity index (χ3v) is 1.11. The molecule has 3 N–H and O–H groups in total. The minimum Gasteiger partial charge on any atom is -0.495 e. The zero-order valence-corrected chi connectivity index (χ0v) is 5.49. The maximum absolute atomic E-state index is 8.64. The lowest BCUT2D eigenvalue weighted by Gasteiger charge is -1.90. The summed E-state index contributed by atoms with van der Waals surface area (Å²) in [6, 6.07) is 9.40. The van der Waals surface area contributed by atoms with Gasteiger partial charge in [-0.1, -0.05) is 30.3 Å². The fourth-order valence-corrected chi connectivity index (χ4v) is 0.720. The zero-order chi connectivity index (χ0) is 7.40. The van der Waals surface area contributed by atoms with Crippen molar-refractivity contribution in [2.24, 2.45) is 5.73 Å². The third kappa shape index (κ3) is 1.82. The van der Waals surface area contributed by atoms with Gasteiger partial charge in [0.1, 0.15) is 0 Å². The molecule has 0 aromatic heterocycles. The minimum atomic E-state index is -0.161. The molecule has 52 valence electrons. The highest BCUT2D eigenvalue weighted by molar-refractivity contribution is 5.49. The first-order valence-corrected chi connectivity index (χ1v) is 3.00. The molecule has 0 fully saturated rings. The van der Waals surface area contributed by atoms with E-state index in [9.17, 15) is 0 Å². The van der Waals surface area contributed by atoms with E-state index in [0.717, 1.165) is 5.56 Å². The van der Waals surface area contributed by atoms with Gasteiger partial charge in [-0.2, -0.15) is 0 Å². The van der Waals surface area contributed by atoms with Crippen molar-refractivity contribution in [3.05, 3.63) is 41.8 Å². The lowest BCUT2D eigenvalue weighted by Crippen LogP contribution is -1.92. The molecule has 2 nitrogen and oxygen atoms in total. The largest absolute Gasteiger partial charge is 0.495 e. The molecule has 1 aromatic carbocycles. The van der Waals surface area contributed by atoms with Gasteiger partial charge in [-0.05, 0) is 5.56 Å². The molecule has 1 rings (SSSR count). The normalized spacial score (nSPS) is 11.4. The summed E-state index contributed by atoms with van der Waals surface area (Å²) in [4.78, 5) is 0. The standard InChI is InChI=1S/C8H9NO/c9-8(10)6-7-4-2-1-3-5-7/h1-6,10H,9H2/b8-6-. The van der Waals surface area contributed by atoms with Gasteiger partial charge in [0, 0.05) is 6.08 Å². The Labute approximate surface area is 59.6 Å². The number of rotatable bonds is 1. The van der Waals surface area contributed by atoms with E-state index in [0.29, 0.717) is 0 Å². The van der Waals surface area contributed by atoms with Crippen LogP contribution in [0.15, 0.2) is 36.2 Å². The molecule has 10 heavy (non-hydrogen) atoms. The van der Waals surface area contributed by atoms with Crippen LogP contribution in [0.3, 0.4) is 0 Å². The van der Waals surface area contributed by atoms with Crippen molar-refractivity contribution in [1.82, 2.24) is 0 Å². The van der Waals surface area contributed by atoms with Crippen LogP contribution in [0, 0.1) is 0 Å². The highest BCUT2D eigenvalue weighted by Gasteiger charge is 1.84. The minimum absolute atomic E-state index is 0.161. The number of benzene rings is 1. The monoisotopic (exact) mass is 135 g/mol. The van der Waals surface area contributed by atoms with Crippen LogP contribution in [0.5, 0.6) is 0 Å². The van der Waals surface area contributed by atoms with Crippen molar-refractivity contribution < 1.29 is 5.11 Å². The van der Waals surface area contributed by atoms with Crippen molar-refractivity contribution in [2.75, 3.05) is 0 Å². The van der Waals surface area contributed by atoms with Crippen LogP contribution < -0.4 is 5.73 Å². The summed E-state index contributed by atoms with van der Waals surface area (Å²) in [5.74, 6) is -0.161. The van der Waals surface area contributed by atoms with Crippen LogP contribution in [-0.2, 0) is 0 Å². The molecule has 0 aliphatic carbocycles. The molecule has 0 aliphatic rings. The smallest absolute Gasteiger partial charge is 0.182 e. The maximum atomic E-state index is 8.64. The van der Waals surface area contributed by atoms with E-state index in [1.807, 2.05) is 30.3 Å². The van der Waals surface area contributed by atoms with Gasteiger partial charge in [-0.15, -0.1) is 0 Å². The van der Waals surface area contributed by atoms with Crippen LogP contribution >= 0.6 is 0 Å². The highest BCUT2D eigenvalue weighted by atomic mass is 16.3. The summed E-state index contributed by atoms with van der Waals surface area (Å²) < 4.78 is 0. The van der Waals surface area contributed by atoms with E-state index in [-0.39, 0.29) is 5.88 Å². The Hall–Kier alpha value is -1.44. The molecular formula is C8H9NO. The predicted octanol–water partition coefficient (Wildman–Crippen LogP) is 1.50. The lowest BCUT2D eigenvalue weighted by atomic mass is 10.2. The average Bonchev–Trinajstić information content (AvgIpc) is 1.88. The zero-order valence-electron chi connectivity index (χ0n) is 5.49. The summed E-state index contributed by atoms with van der Waals surface area (Å²) in [5.41, 5.74) is 5.95. The Kier molecular flexibility index (Phi) is 1.95. The van der Waals surface area contributed by atoms with Crippen LogP contribution in [0.25, 0.3) is 6.08 Å². The number of aliphatic hydroxyl groups is 1. The van der Waals surface area contributed by atoms with E-state index in [1.165, 1.54) is 6.08 Å². The second kappa shape index (κ2) is 2.92. The summed E-state index contributed by atoms with van der Waals surface area (Å²) in [5, 5.41) is 8.64. The Morgan fingerprint density at radius 2 is 1.90 bits per heavy atom. The van der Waals surface area contributed by atoms with Crippen molar-refractivity contribution >= 4 is 6.08 Å². The van der Waals surface area contributed by atoms with Gasteiger partial charge < -0.3 is 10.8 Å². The molecule has 0 spiro atoms. The molecule has 0 aliphatic heterocycles. The summed E-state index contributed by atoms with van der Waals surface area (Å²) in [6.07, 6.45) is 1.50. The van der Waals surface area contributed by atoms with Crippen LogP contribution in [0.1, 0.15) is 5.56 Å². The van der Waals surface area contributed by atoms with Crippen LogP contribution in [0.2, 0.25) is 0 Å². The molecule has 0 saturated carbocycles. The van der Waals surface area contributed by atoms with Crippen molar-refractivity contribution in [3.63, 3.8) is 0 Å². The van der Waals surface area contributed by atoms with Gasteiger partial charge in [-0.25, -0.2) is 0 Å². The van der Waals surface area contributed by atoms with Gasteiger partial charge in [0.15, 0.2) is 5.88 Å². The van der Waals surface area contributed by atoms with Crippen LogP contribution in [0.4, 0.5) is 0 Å². The van der Waals surface area contributed by atoms with Gasteiger partial charge in [0.05, 0.1) is 0 Å². The Morgan fingerprint density at radius 1 is 1.30 bits per heavy atom. The third-order valence-electron chi connectivity index (χ3n) is 1.11. The molecule has 0 atom stereocenters. The van der Waals surface area contributed by atoms with Gasteiger partial charge >= 0.3 is 0 Å². The molecule has 0 bridgehead atoms. The summed E-state index contributed by atoms with van der Waals surface area (Å²) in [7, 11) is 0. The van der Waals surface area contributed by atoms with Gasteiger partial charge in [0.25, 0.3) is 0 Å². The Bertz CT molecular complexity index is 224. The summed E-state index contributed by atoms with van der Waals surface area (Å²) in [6.45, 7) is 0. The molecule has 0 radical (unpaired) electrons. The second-order valence-corrected chi connectivity index (χ2v) is 1.98. The Morgan fingerprint density at radius 3 is 2.40 bits per heavy atom. The van der Waals surface area contributed by atoms with E-state index >= 15 is 0 Å². The van der Waals surface area contributed by atoms with E-state index in [2.05, 4.69) is 0 Å². The first-order valence-electron chi connectivity index (χ1n) is 3.00. The Balaban J connectivity index is 2.87. The van der Waals surface area contributed by atoms with Crippen LogP contribution in [-0.4, -0.2) is 5.11 Å². The topological polar surface area (TPSA) is 46.2 Å². The van der Waals surface area contributed by atoms with Gasteiger partial charge in [0.2, 0.25) is 0 Å². The number of hydrogen-bond donors (Lipinski definition) is 2. The highest BCUT2D eigenvalue weighted by Crippen LogP contribution is 2.00. The van der Waals surface area contributed by atoms with E-state index in [4.69, 9.17) is 10.8 Å². The molecule has 2 heteroatoms. The molecular weight excluding hydrogens is 126 g/mol. The molecule has 0 amide bonds.